The van der Waals surface area contributed by atoms with Crippen molar-refractivity contribution in [2.45, 2.75) is 62.1 Å². The molecule has 3 N–H and O–H groups in total. The van der Waals surface area contributed by atoms with Crippen molar-refractivity contribution in [2.75, 3.05) is 5.32 Å². The minimum atomic E-state index is -0.442. The first kappa shape index (κ1) is 16.4. The second-order valence-corrected chi connectivity index (χ2v) is 7.32. The van der Waals surface area contributed by atoms with Gasteiger partial charge < -0.3 is 11.1 Å². The summed E-state index contributed by atoms with van der Waals surface area (Å²) in [5, 5.41) is 3.67. The number of nitrogens with two attached hydrogens (primary N) is 1. The molecular formula is C17H26N2OS. The summed E-state index contributed by atoms with van der Waals surface area (Å²) >= 11 is 1.96. The Labute approximate surface area is 132 Å². The Morgan fingerprint density at radius 2 is 1.95 bits per heavy atom. The molecule has 116 valence electrons. The van der Waals surface area contributed by atoms with Crippen LogP contribution in [0.25, 0.3) is 0 Å². The molecule has 2 unspecified atom stereocenters. The zero-order valence-electron chi connectivity index (χ0n) is 13.0. The molecule has 4 heteroatoms. The van der Waals surface area contributed by atoms with E-state index in [9.17, 15) is 4.79 Å². The van der Waals surface area contributed by atoms with Gasteiger partial charge in [0.15, 0.2) is 0 Å². The zero-order chi connectivity index (χ0) is 15.2. The Morgan fingerprint density at radius 3 is 2.52 bits per heavy atom. The zero-order valence-corrected chi connectivity index (χ0v) is 13.8. The molecule has 1 aromatic rings. The van der Waals surface area contributed by atoms with Gasteiger partial charge in [0.25, 0.3) is 0 Å². The van der Waals surface area contributed by atoms with Gasteiger partial charge in [-0.2, -0.15) is 0 Å². The van der Waals surface area contributed by atoms with Gasteiger partial charge in [-0.3, -0.25) is 4.79 Å². The Bertz CT molecular complexity index is 454. The molecule has 0 bridgehead atoms. The van der Waals surface area contributed by atoms with E-state index in [0.717, 1.165) is 17.4 Å². The fourth-order valence-electron chi connectivity index (χ4n) is 2.55. The summed E-state index contributed by atoms with van der Waals surface area (Å²) in [5.41, 5.74) is 6.77. The largest absolute Gasteiger partial charge is 0.325 e. The lowest BCUT2D eigenvalue weighted by Crippen LogP contribution is -2.40. The van der Waals surface area contributed by atoms with E-state index in [1.807, 2.05) is 37.7 Å². The van der Waals surface area contributed by atoms with Gasteiger partial charge in [0.05, 0.1) is 6.04 Å². The van der Waals surface area contributed by atoms with Crippen LogP contribution in [0.5, 0.6) is 0 Å². The molecular weight excluding hydrogens is 280 g/mol. The SMILES string of the molecule is CCC(C)C(N)C(=O)Nc1ccc(SC2CCCC2)cc1. The number of hydrogen-bond acceptors (Lipinski definition) is 3. The first-order chi connectivity index (χ1) is 10.1. The molecule has 3 nitrogen and oxygen atoms in total. The summed E-state index contributed by atoms with van der Waals surface area (Å²) in [6.45, 7) is 4.05. The van der Waals surface area contributed by atoms with E-state index in [-0.39, 0.29) is 11.8 Å². The molecule has 2 rings (SSSR count). The second-order valence-electron chi connectivity index (χ2n) is 5.95. The van der Waals surface area contributed by atoms with Crippen LogP contribution in [0, 0.1) is 5.92 Å². The van der Waals surface area contributed by atoms with Crippen molar-refractivity contribution in [1.82, 2.24) is 0 Å². The number of nitrogens with one attached hydrogen (secondary N) is 1. The van der Waals surface area contributed by atoms with Crippen molar-refractivity contribution in [2.24, 2.45) is 11.7 Å². The topological polar surface area (TPSA) is 55.1 Å². The third kappa shape index (κ3) is 4.75. The maximum absolute atomic E-state index is 12.0. The van der Waals surface area contributed by atoms with Crippen molar-refractivity contribution in [3.8, 4) is 0 Å². The summed E-state index contributed by atoms with van der Waals surface area (Å²) in [4.78, 5) is 13.3. The lowest BCUT2D eigenvalue weighted by molar-refractivity contribution is -0.118. The fourth-order valence-corrected chi connectivity index (χ4v) is 3.80. The third-order valence-corrected chi connectivity index (χ3v) is 5.64. The van der Waals surface area contributed by atoms with Crippen LogP contribution in [0.15, 0.2) is 29.2 Å². The van der Waals surface area contributed by atoms with E-state index in [1.165, 1.54) is 30.6 Å². The van der Waals surface area contributed by atoms with E-state index in [0.29, 0.717) is 0 Å². The molecule has 0 aliphatic heterocycles. The molecule has 1 saturated carbocycles. The van der Waals surface area contributed by atoms with E-state index >= 15 is 0 Å². The molecule has 1 aromatic carbocycles. The fraction of sp³-hybridized carbons (Fsp3) is 0.588. The molecule has 1 amide bonds. The highest BCUT2D eigenvalue weighted by atomic mass is 32.2. The highest BCUT2D eigenvalue weighted by Crippen LogP contribution is 2.34. The van der Waals surface area contributed by atoms with Crippen LogP contribution in [-0.2, 0) is 4.79 Å². The minimum absolute atomic E-state index is 0.0967. The number of amides is 1. The maximum atomic E-state index is 12.0. The number of hydrogen-bond donors (Lipinski definition) is 2. The van der Waals surface area contributed by atoms with Crippen molar-refractivity contribution < 1.29 is 4.79 Å². The third-order valence-electron chi connectivity index (χ3n) is 4.29. The van der Waals surface area contributed by atoms with Gasteiger partial charge in [0.1, 0.15) is 0 Å². The molecule has 1 aliphatic carbocycles. The molecule has 0 aromatic heterocycles. The summed E-state index contributed by atoms with van der Waals surface area (Å²) in [6, 6.07) is 7.68. The molecule has 1 aliphatic rings. The van der Waals surface area contributed by atoms with Crippen LogP contribution in [0.3, 0.4) is 0 Å². The average Bonchev–Trinajstić information content (AvgIpc) is 3.00. The first-order valence-corrected chi connectivity index (χ1v) is 8.81. The summed E-state index contributed by atoms with van der Waals surface area (Å²) in [5.74, 6) is 0.0998. The van der Waals surface area contributed by atoms with E-state index in [4.69, 9.17) is 5.73 Å². The number of carbonyl (C=O) groups is 1. The van der Waals surface area contributed by atoms with Crippen LogP contribution in [0.1, 0.15) is 46.0 Å². The Hall–Kier alpha value is -1.00. The number of thioether (sulfide) groups is 1. The van der Waals surface area contributed by atoms with Crippen LogP contribution in [-0.4, -0.2) is 17.2 Å². The van der Waals surface area contributed by atoms with Gasteiger partial charge in [-0.05, 0) is 43.0 Å². The molecule has 0 saturated heterocycles. The monoisotopic (exact) mass is 306 g/mol. The van der Waals surface area contributed by atoms with E-state index < -0.39 is 6.04 Å². The average molecular weight is 306 g/mol. The quantitative estimate of drug-likeness (QED) is 0.834. The van der Waals surface area contributed by atoms with E-state index in [1.54, 1.807) is 0 Å². The van der Waals surface area contributed by atoms with Crippen LogP contribution < -0.4 is 11.1 Å². The Morgan fingerprint density at radius 1 is 1.33 bits per heavy atom. The lowest BCUT2D eigenvalue weighted by atomic mass is 9.99. The van der Waals surface area contributed by atoms with Gasteiger partial charge in [-0.25, -0.2) is 0 Å². The van der Waals surface area contributed by atoms with E-state index in [2.05, 4.69) is 17.4 Å². The van der Waals surface area contributed by atoms with Crippen LogP contribution >= 0.6 is 11.8 Å². The summed E-state index contributed by atoms with van der Waals surface area (Å²) < 4.78 is 0. The molecule has 0 spiro atoms. The minimum Gasteiger partial charge on any atom is -0.325 e. The highest BCUT2D eigenvalue weighted by molar-refractivity contribution is 8.00. The molecule has 21 heavy (non-hydrogen) atoms. The molecule has 0 radical (unpaired) electrons. The summed E-state index contributed by atoms with van der Waals surface area (Å²) in [6.07, 6.45) is 6.28. The maximum Gasteiger partial charge on any atom is 0.241 e. The predicted octanol–water partition coefficient (Wildman–Crippen LogP) is 4.03. The van der Waals surface area contributed by atoms with Crippen molar-refractivity contribution in [3.05, 3.63) is 24.3 Å². The normalized spacial score (nSPS) is 18.4. The van der Waals surface area contributed by atoms with Gasteiger partial charge in [-0.1, -0.05) is 33.1 Å². The van der Waals surface area contributed by atoms with Gasteiger partial charge in [0, 0.05) is 15.8 Å². The van der Waals surface area contributed by atoms with Gasteiger partial charge in [-0.15, -0.1) is 11.8 Å². The molecule has 2 atom stereocenters. The van der Waals surface area contributed by atoms with Crippen molar-refractivity contribution in [3.63, 3.8) is 0 Å². The molecule has 0 heterocycles. The molecule has 1 fully saturated rings. The highest BCUT2D eigenvalue weighted by Gasteiger charge is 2.19. The van der Waals surface area contributed by atoms with Crippen LogP contribution in [0.4, 0.5) is 5.69 Å². The number of anilines is 1. The Kier molecular flexibility index (Phi) is 6.12. The van der Waals surface area contributed by atoms with Crippen molar-refractivity contribution >= 4 is 23.4 Å². The van der Waals surface area contributed by atoms with Gasteiger partial charge in [0.2, 0.25) is 5.91 Å². The van der Waals surface area contributed by atoms with Gasteiger partial charge >= 0.3 is 0 Å². The standard InChI is InChI=1S/C17H26N2OS/c1-3-12(2)16(18)17(20)19-13-8-10-15(11-9-13)21-14-6-4-5-7-14/h8-12,14,16H,3-7,18H2,1-2H3,(H,19,20). The number of carbonyl (C=O) groups excluding carboxylic acids is 1. The smallest absolute Gasteiger partial charge is 0.241 e. The second kappa shape index (κ2) is 7.85. The Balaban J connectivity index is 1.88. The lowest BCUT2D eigenvalue weighted by Gasteiger charge is -2.18. The number of rotatable bonds is 6. The number of benzene rings is 1. The first-order valence-electron chi connectivity index (χ1n) is 7.93. The summed E-state index contributed by atoms with van der Waals surface area (Å²) in [7, 11) is 0. The van der Waals surface area contributed by atoms with Crippen LogP contribution in [0.2, 0.25) is 0 Å². The predicted molar refractivity (Wildman–Crippen MR) is 90.6 cm³/mol. The van der Waals surface area contributed by atoms with Crippen molar-refractivity contribution in [1.29, 1.82) is 0 Å².